The van der Waals surface area contributed by atoms with Crippen molar-refractivity contribution >= 4 is 0 Å². The van der Waals surface area contributed by atoms with E-state index in [1.807, 2.05) is 0 Å². The first-order valence-corrected chi connectivity index (χ1v) is 6.67. The van der Waals surface area contributed by atoms with Gasteiger partial charge in [-0.3, -0.25) is 4.90 Å². The molecular weight excluding hydrogens is 210 g/mol. The van der Waals surface area contributed by atoms with Crippen molar-refractivity contribution in [1.29, 1.82) is 5.26 Å². The summed E-state index contributed by atoms with van der Waals surface area (Å²) < 4.78 is 0. The van der Waals surface area contributed by atoms with Crippen molar-refractivity contribution in [2.75, 3.05) is 32.7 Å². The number of rotatable bonds is 6. The predicted molar refractivity (Wildman–Crippen MR) is 71.8 cm³/mol. The van der Waals surface area contributed by atoms with E-state index in [4.69, 9.17) is 5.26 Å². The predicted octanol–water partition coefficient (Wildman–Crippen LogP) is 2.26. The molecule has 1 aliphatic heterocycles. The molecule has 1 fully saturated rings. The Kier molecular flexibility index (Phi) is 6.25. The Balaban J connectivity index is 2.29. The smallest absolute Gasteiger partial charge is 0.0978 e. The molecule has 1 rings (SSSR count). The number of nitriles is 1. The lowest BCUT2D eigenvalue weighted by Gasteiger charge is -2.36. The highest BCUT2D eigenvalue weighted by atomic mass is 15.3. The van der Waals surface area contributed by atoms with Crippen molar-refractivity contribution in [2.24, 2.45) is 0 Å². The second-order valence-corrected chi connectivity index (χ2v) is 5.02. The van der Waals surface area contributed by atoms with Crippen LogP contribution in [-0.4, -0.2) is 48.6 Å². The van der Waals surface area contributed by atoms with E-state index in [2.05, 4.69) is 36.3 Å². The van der Waals surface area contributed by atoms with Gasteiger partial charge >= 0.3 is 0 Å². The molecule has 0 N–H and O–H groups in total. The molecule has 0 aliphatic carbocycles. The van der Waals surface area contributed by atoms with Crippen LogP contribution in [0.4, 0.5) is 0 Å². The quantitative estimate of drug-likeness (QED) is 0.662. The highest BCUT2D eigenvalue weighted by Gasteiger charge is 2.22. The zero-order valence-electron chi connectivity index (χ0n) is 11.3. The number of nitrogens with zero attached hydrogens (tertiary/aromatic N) is 3. The van der Waals surface area contributed by atoms with Crippen LogP contribution in [0.5, 0.6) is 0 Å². The summed E-state index contributed by atoms with van der Waals surface area (Å²) in [6, 6.07) is 2.56. The molecule has 0 spiro atoms. The van der Waals surface area contributed by atoms with Crippen LogP contribution in [0.2, 0.25) is 0 Å². The van der Waals surface area contributed by atoms with Gasteiger partial charge in [-0.2, -0.15) is 5.26 Å². The van der Waals surface area contributed by atoms with Crippen LogP contribution in [0.25, 0.3) is 0 Å². The SMILES string of the molecule is C=C(C)CCN1CCN(C(C#N)CCC)CC1. The van der Waals surface area contributed by atoms with Crippen LogP contribution in [-0.2, 0) is 0 Å². The molecule has 0 aromatic heterocycles. The number of piperazine rings is 1. The van der Waals surface area contributed by atoms with Crippen molar-refractivity contribution in [3.63, 3.8) is 0 Å². The first-order chi connectivity index (χ1) is 8.17. The Morgan fingerprint density at radius 1 is 1.35 bits per heavy atom. The van der Waals surface area contributed by atoms with Gasteiger partial charge in [0.2, 0.25) is 0 Å². The maximum Gasteiger partial charge on any atom is 0.0978 e. The van der Waals surface area contributed by atoms with Gasteiger partial charge in [-0.05, 0) is 19.8 Å². The van der Waals surface area contributed by atoms with Gasteiger partial charge in [0.05, 0.1) is 12.1 Å². The normalized spacial score (nSPS) is 19.8. The highest BCUT2D eigenvalue weighted by Crippen LogP contribution is 2.11. The zero-order chi connectivity index (χ0) is 12.7. The second kappa shape index (κ2) is 7.47. The van der Waals surface area contributed by atoms with E-state index in [1.165, 1.54) is 5.57 Å². The van der Waals surface area contributed by atoms with E-state index in [0.29, 0.717) is 0 Å². The fourth-order valence-electron chi connectivity index (χ4n) is 2.25. The van der Waals surface area contributed by atoms with Gasteiger partial charge in [-0.25, -0.2) is 0 Å². The van der Waals surface area contributed by atoms with Gasteiger partial charge in [-0.15, -0.1) is 6.58 Å². The molecule has 1 heterocycles. The topological polar surface area (TPSA) is 30.3 Å². The summed E-state index contributed by atoms with van der Waals surface area (Å²) in [5, 5.41) is 9.13. The third-order valence-corrected chi connectivity index (χ3v) is 3.41. The van der Waals surface area contributed by atoms with E-state index in [-0.39, 0.29) is 6.04 Å². The molecule has 0 amide bonds. The number of hydrogen-bond donors (Lipinski definition) is 0. The highest BCUT2D eigenvalue weighted by molar-refractivity contribution is 4.94. The lowest BCUT2D eigenvalue weighted by molar-refractivity contribution is 0.111. The zero-order valence-corrected chi connectivity index (χ0v) is 11.3. The average molecular weight is 235 g/mol. The van der Waals surface area contributed by atoms with Gasteiger partial charge in [0, 0.05) is 32.7 Å². The van der Waals surface area contributed by atoms with Gasteiger partial charge in [-0.1, -0.05) is 18.9 Å². The van der Waals surface area contributed by atoms with E-state index < -0.39 is 0 Å². The minimum absolute atomic E-state index is 0.128. The van der Waals surface area contributed by atoms with Crippen LogP contribution in [0.1, 0.15) is 33.1 Å². The van der Waals surface area contributed by atoms with E-state index in [9.17, 15) is 0 Å². The first-order valence-electron chi connectivity index (χ1n) is 6.67. The second-order valence-electron chi connectivity index (χ2n) is 5.02. The fourth-order valence-corrected chi connectivity index (χ4v) is 2.25. The molecular formula is C14H25N3. The van der Waals surface area contributed by atoms with Crippen molar-refractivity contribution in [2.45, 2.75) is 39.2 Å². The Morgan fingerprint density at radius 2 is 2.00 bits per heavy atom. The summed E-state index contributed by atoms with van der Waals surface area (Å²) >= 11 is 0. The molecule has 17 heavy (non-hydrogen) atoms. The van der Waals surface area contributed by atoms with Crippen molar-refractivity contribution in [3.8, 4) is 6.07 Å². The largest absolute Gasteiger partial charge is 0.300 e. The van der Waals surface area contributed by atoms with E-state index in [0.717, 1.165) is 52.0 Å². The Bertz CT molecular complexity index is 272. The van der Waals surface area contributed by atoms with Gasteiger partial charge in [0.25, 0.3) is 0 Å². The molecule has 0 saturated carbocycles. The lowest BCUT2D eigenvalue weighted by atomic mass is 10.1. The van der Waals surface area contributed by atoms with E-state index >= 15 is 0 Å². The summed E-state index contributed by atoms with van der Waals surface area (Å²) in [4.78, 5) is 4.81. The molecule has 0 aromatic carbocycles. The lowest BCUT2D eigenvalue weighted by Crippen LogP contribution is -2.50. The molecule has 0 radical (unpaired) electrons. The van der Waals surface area contributed by atoms with Gasteiger partial charge in [0.1, 0.15) is 0 Å². The summed E-state index contributed by atoms with van der Waals surface area (Å²) in [5.74, 6) is 0. The van der Waals surface area contributed by atoms with Gasteiger partial charge < -0.3 is 4.90 Å². The van der Waals surface area contributed by atoms with Crippen LogP contribution < -0.4 is 0 Å². The standard InChI is InChI=1S/C14H25N3/c1-4-5-14(12-15)17-10-8-16(9-11-17)7-6-13(2)3/h14H,2,4-11H2,1,3H3. The van der Waals surface area contributed by atoms with Crippen molar-refractivity contribution in [1.82, 2.24) is 9.80 Å². The Morgan fingerprint density at radius 3 is 2.47 bits per heavy atom. The van der Waals surface area contributed by atoms with E-state index in [1.54, 1.807) is 0 Å². The number of hydrogen-bond acceptors (Lipinski definition) is 3. The van der Waals surface area contributed by atoms with Crippen molar-refractivity contribution in [3.05, 3.63) is 12.2 Å². The minimum Gasteiger partial charge on any atom is -0.300 e. The molecule has 3 nitrogen and oxygen atoms in total. The van der Waals surface area contributed by atoms with Crippen LogP contribution in [0, 0.1) is 11.3 Å². The molecule has 0 aromatic rings. The Hall–Kier alpha value is -0.850. The molecule has 1 saturated heterocycles. The third-order valence-electron chi connectivity index (χ3n) is 3.41. The van der Waals surface area contributed by atoms with Crippen molar-refractivity contribution < 1.29 is 0 Å². The summed E-state index contributed by atoms with van der Waals surface area (Å²) in [6.45, 7) is 13.5. The monoisotopic (exact) mass is 235 g/mol. The summed E-state index contributed by atoms with van der Waals surface area (Å²) in [5.41, 5.74) is 1.26. The third kappa shape index (κ3) is 4.89. The molecule has 1 unspecified atom stereocenters. The maximum atomic E-state index is 9.13. The fraction of sp³-hybridized carbons (Fsp3) is 0.786. The van der Waals surface area contributed by atoms with Crippen LogP contribution in [0.3, 0.4) is 0 Å². The molecule has 1 aliphatic rings. The Labute approximate surface area is 106 Å². The van der Waals surface area contributed by atoms with Crippen LogP contribution in [0.15, 0.2) is 12.2 Å². The molecule has 0 bridgehead atoms. The van der Waals surface area contributed by atoms with Gasteiger partial charge in [0.15, 0.2) is 0 Å². The van der Waals surface area contributed by atoms with Crippen LogP contribution >= 0.6 is 0 Å². The summed E-state index contributed by atoms with van der Waals surface area (Å²) in [7, 11) is 0. The minimum atomic E-state index is 0.128. The molecule has 3 heteroatoms. The average Bonchev–Trinajstić information content (AvgIpc) is 2.34. The first kappa shape index (κ1) is 14.2. The molecule has 96 valence electrons. The maximum absolute atomic E-state index is 9.13. The molecule has 1 atom stereocenters. The summed E-state index contributed by atoms with van der Waals surface area (Å²) in [6.07, 6.45) is 3.19.